The molecule has 5 aromatic rings. The zero-order chi connectivity index (χ0) is 22.0. The molecule has 2 aromatic carbocycles. The van der Waals surface area contributed by atoms with Gasteiger partial charge in [0.2, 0.25) is 0 Å². The van der Waals surface area contributed by atoms with Crippen LogP contribution in [0.15, 0.2) is 85.3 Å². The third-order valence-corrected chi connectivity index (χ3v) is 5.85. The van der Waals surface area contributed by atoms with Crippen LogP contribution in [0.4, 0.5) is 5.69 Å². The summed E-state index contributed by atoms with van der Waals surface area (Å²) in [6, 6.07) is 24.6. The Morgan fingerprint density at radius 2 is 1.61 bits per heavy atom. The number of nitrogens with zero attached hydrogens (tertiary/aromatic N) is 6. The highest BCUT2D eigenvalue weighted by Gasteiger charge is 2.18. The minimum Gasteiger partial charge on any atom is -0.378 e. The number of ether oxygens (including phenoxy) is 1. The number of rotatable bonds is 4. The maximum absolute atomic E-state index is 5.51. The highest BCUT2D eigenvalue weighted by atomic mass is 16.5. The molecule has 1 fully saturated rings. The summed E-state index contributed by atoms with van der Waals surface area (Å²) in [7, 11) is 0. The highest BCUT2D eigenvalue weighted by Crippen LogP contribution is 2.30. The van der Waals surface area contributed by atoms with E-state index in [0.29, 0.717) is 0 Å². The van der Waals surface area contributed by atoms with Crippen LogP contribution in [-0.4, -0.2) is 50.8 Å². The van der Waals surface area contributed by atoms with Gasteiger partial charge in [-0.25, -0.2) is 19.9 Å². The van der Waals surface area contributed by atoms with E-state index in [9.17, 15) is 0 Å². The molecule has 0 spiro atoms. The number of benzene rings is 2. The number of imidazole rings is 1. The van der Waals surface area contributed by atoms with Gasteiger partial charge < -0.3 is 9.64 Å². The first-order valence-corrected chi connectivity index (χ1v) is 11.0. The molecule has 6 rings (SSSR count). The van der Waals surface area contributed by atoms with Gasteiger partial charge in [0.05, 0.1) is 18.9 Å². The lowest BCUT2D eigenvalue weighted by Gasteiger charge is -2.29. The molecule has 0 amide bonds. The van der Waals surface area contributed by atoms with Gasteiger partial charge >= 0.3 is 0 Å². The lowest BCUT2D eigenvalue weighted by atomic mass is 10.1. The second-order valence-corrected chi connectivity index (χ2v) is 7.89. The van der Waals surface area contributed by atoms with Crippen molar-refractivity contribution in [1.82, 2.24) is 24.5 Å². The van der Waals surface area contributed by atoms with Gasteiger partial charge in [0.25, 0.3) is 0 Å². The van der Waals surface area contributed by atoms with E-state index in [1.54, 1.807) is 12.5 Å². The zero-order valence-corrected chi connectivity index (χ0v) is 18.0. The van der Waals surface area contributed by atoms with Crippen molar-refractivity contribution in [1.29, 1.82) is 0 Å². The second kappa shape index (κ2) is 8.44. The van der Waals surface area contributed by atoms with Crippen LogP contribution in [0.25, 0.3) is 39.6 Å². The molecule has 0 N–H and O–H groups in total. The summed E-state index contributed by atoms with van der Waals surface area (Å²) in [6.45, 7) is 3.32. The first-order chi connectivity index (χ1) is 16.4. The third-order valence-electron chi connectivity index (χ3n) is 5.85. The second-order valence-electron chi connectivity index (χ2n) is 7.89. The topological polar surface area (TPSA) is 69.0 Å². The van der Waals surface area contributed by atoms with Gasteiger partial charge in [-0.15, -0.1) is 0 Å². The van der Waals surface area contributed by atoms with Crippen molar-refractivity contribution >= 4 is 16.9 Å². The molecule has 0 unspecified atom stereocenters. The Morgan fingerprint density at radius 3 is 2.42 bits per heavy atom. The summed E-state index contributed by atoms with van der Waals surface area (Å²) < 4.78 is 7.57. The number of fused-ring (bicyclic) bond motifs is 1. The molecule has 7 heteroatoms. The molecule has 1 saturated heterocycles. The maximum Gasteiger partial charge on any atom is 0.165 e. The average molecular weight is 435 g/mol. The summed E-state index contributed by atoms with van der Waals surface area (Å²) >= 11 is 0. The molecular formula is C26H22N6O. The van der Waals surface area contributed by atoms with Gasteiger partial charge in [-0.3, -0.25) is 4.57 Å². The molecule has 1 aliphatic rings. The normalized spacial score (nSPS) is 14.0. The molecule has 0 atom stereocenters. The Kier molecular flexibility index (Phi) is 5.01. The van der Waals surface area contributed by atoms with Crippen molar-refractivity contribution < 1.29 is 4.74 Å². The fraction of sp³-hybridized carbons (Fsp3) is 0.154. The predicted molar refractivity (Wildman–Crippen MR) is 128 cm³/mol. The molecule has 4 heterocycles. The van der Waals surface area contributed by atoms with Crippen molar-refractivity contribution in [2.24, 2.45) is 0 Å². The van der Waals surface area contributed by atoms with Crippen LogP contribution in [0.1, 0.15) is 0 Å². The van der Waals surface area contributed by atoms with Crippen molar-refractivity contribution in [3.63, 3.8) is 0 Å². The average Bonchev–Trinajstić information content (AvgIpc) is 3.29. The summed E-state index contributed by atoms with van der Waals surface area (Å²) in [4.78, 5) is 20.8. The minimum atomic E-state index is 0.741. The number of hydrogen-bond donors (Lipinski definition) is 0. The molecular weight excluding hydrogens is 412 g/mol. The summed E-state index contributed by atoms with van der Waals surface area (Å²) in [5, 5.41) is 0. The number of morpholine rings is 1. The highest BCUT2D eigenvalue weighted by molar-refractivity contribution is 5.82. The zero-order valence-electron chi connectivity index (χ0n) is 18.0. The molecule has 33 heavy (non-hydrogen) atoms. The minimum absolute atomic E-state index is 0.741. The fourth-order valence-electron chi connectivity index (χ4n) is 4.22. The van der Waals surface area contributed by atoms with E-state index >= 15 is 0 Å². The molecule has 0 aliphatic carbocycles. The van der Waals surface area contributed by atoms with E-state index in [2.05, 4.69) is 55.8 Å². The van der Waals surface area contributed by atoms with Crippen molar-refractivity contribution in [3.05, 3.63) is 85.3 Å². The van der Waals surface area contributed by atoms with Crippen molar-refractivity contribution in [2.75, 3.05) is 31.2 Å². The van der Waals surface area contributed by atoms with Gasteiger partial charge in [-0.2, -0.15) is 0 Å². The van der Waals surface area contributed by atoms with Crippen LogP contribution in [-0.2, 0) is 4.74 Å². The Bertz CT molecular complexity index is 1390. The Morgan fingerprint density at radius 1 is 0.758 bits per heavy atom. The Hall–Kier alpha value is -4.10. The van der Waals surface area contributed by atoms with E-state index in [0.717, 1.165) is 65.9 Å². The van der Waals surface area contributed by atoms with Crippen LogP contribution in [0.3, 0.4) is 0 Å². The predicted octanol–water partition coefficient (Wildman–Crippen LogP) is 4.38. The number of para-hydroxylation sites is 1. The fourth-order valence-corrected chi connectivity index (χ4v) is 4.22. The summed E-state index contributed by atoms with van der Waals surface area (Å²) in [6.07, 6.45) is 3.27. The first-order valence-electron chi connectivity index (χ1n) is 11.0. The van der Waals surface area contributed by atoms with E-state index in [1.807, 2.05) is 36.4 Å². The molecule has 0 radical (unpaired) electrons. The third kappa shape index (κ3) is 3.72. The number of aromatic nitrogens is 5. The quantitative estimate of drug-likeness (QED) is 0.418. The maximum atomic E-state index is 5.51. The largest absolute Gasteiger partial charge is 0.378 e. The van der Waals surface area contributed by atoms with Gasteiger partial charge in [0.1, 0.15) is 17.5 Å². The first kappa shape index (κ1) is 19.6. The van der Waals surface area contributed by atoms with Crippen molar-refractivity contribution in [2.45, 2.75) is 0 Å². The lowest BCUT2D eigenvalue weighted by molar-refractivity contribution is 0.122. The number of hydrogen-bond acceptors (Lipinski definition) is 6. The Balaban J connectivity index is 1.50. The van der Waals surface area contributed by atoms with E-state index in [1.165, 1.54) is 5.69 Å². The number of pyridine rings is 1. The van der Waals surface area contributed by atoms with Gasteiger partial charge in [-0.1, -0.05) is 30.3 Å². The molecule has 0 bridgehead atoms. The molecule has 1 aliphatic heterocycles. The van der Waals surface area contributed by atoms with E-state index in [-0.39, 0.29) is 0 Å². The van der Waals surface area contributed by atoms with Gasteiger partial charge in [-0.05, 0) is 42.5 Å². The van der Waals surface area contributed by atoms with Crippen LogP contribution in [0.5, 0.6) is 0 Å². The SMILES string of the molecule is c1ccc(-n2c(-c3ccncn3)nc3ccc(-c4cccc(N5CCOCC5)c4)nc32)cc1. The Labute approximate surface area is 191 Å². The molecule has 7 nitrogen and oxygen atoms in total. The number of anilines is 1. The van der Waals surface area contributed by atoms with Crippen LogP contribution >= 0.6 is 0 Å². The molecule has 162 valence electrons. The molecule has 3 aromatic heterocycles. The van der Waals surface area contributed by atoms with Gasteiger partial charge in [0, 0.05) is 36.2 Å². The summed E-state index contributed by atoms with van der Waals surface area (Å²) in [5.41, 5.74) is 6.53. The van der Waals surface area contributed by atoms with E-state index < -0.39 is 0 Å². The van der Waals surface area contributed by atoms with Crippen LogP contribution in [0.2, 0.25) is 0 Å². The molecule has 0 saturated carbocycles. The van der Waals surface area contributed by atoms with Gasteiger partial charge in [0.15, 0.2) is 11.5 Å². The summed E-state index contributed by atoms with van der Waals surface area (Å²) in [5.74, 6) is 0.741. The van der Waals surface area contributed by atoms with Crippen LogP contribution in [0, 0.1) is 0 Å². The standard InChI is InChI=1S/C26H22N6O/c1-2-6-20(7-3-1)32-25(23-11-12-27-18-28-23)30-24-10-9-22(29-26(24)32)19-5-4-8-21(17-19)31-13-15-33-16-14-31/h1-12,17-18H,13-16H2. The van der Waals surface area contributed by atoms with E-state index in [4.69, 9.17) is 14.7 Å². The van der Waals surface area contributed by atoms with Crippen molar-refractivity contribution in [3.8, 4) is 28.5 Å². The lowest BCUT2D eigenvalue weighted by Crippen LogP contribution is -2.36. The smallest absolute Gasteiger partial charge is 0.165 e. The monoisotopic (exact) mass is 434 g/mol. The van der Waals surface area contributed by atoms with Crippen LogP contribution < -0.4 is 4.90 Å².